The van der Waals surface area contributed by atoms with Gasteiger partial charge in [-0.05, 0) is 49.1 Å². The Balaban J connectivity index is 1.23. The van der Waals surface area contributed by atoms with Crippen molar-refractivity contribution >= 4 is 23.0 Å². The number of fused-ring (bicyclic) bond motifs is 1. The number of anilines is 1. The van der Waals surface area contributed by atoms with Gasteiger partial charge in [0.2, 0.25) is 5.91 Å². The zero-order chi connectivity index (χ0) is 21.1. The summed E-state index contributed by atoms with van der Waals surface area (Å²) < 4.78 is 43.6. The van der Waals surface area contributed by atoms with Gasteiger partial charge in [-0.1, -0.05) is 24.3 Å². The summed E-state index contributed by atoms with van der Waals surface area (Å²) in [5, 5.41) is 2.90. The smallest absolute Gasteiger partial charge is 0.416 e. The van der Waals surface area contributed by atoms with Gasteiger partial charge in [0.25, 0.3) is 6.01 Å². The van der Waals surface area contributed by atoms with Crippen LogP contribution < -0.4 is 10.2 Å². The van der Waals surface area contributed by atoms with E-state index in [-0.39, 0.29) is 11.8 Å². The predicted octanol–water partition coefficient (Wildman–Crippen LogP) is 4.42. The third kappa shape index (κ3) is 4.58. The molecule has 2 aromatic carbocycles. The van der Waals surface area contributed by atoms with Gasteiger partial charge in [0, 0.05) is 25.6 Å². The summed E-state index contributed by atoms with van der Waals surface area (Å²) in [5.74, 6) is -0.0997. The molecule has 1 aliphatic rings. The number of aromatic nitrogens is 1. The molecule has 8 heteroatoms. The van der Waals surface area contributed by atoms with Crippen LogP contribution in [0.15, 0.2) is 52.9 Å². The van der Waals surface area contributed by atoms with Crippen LogP contribution in [0.1, 0.15) is 24.0 Å². The average molecular weight is 417 g/mol. The number of benzene rings is 2. The van der Waals surface area contributed by atoms with E-state index in [9.17, 15) is 18.0 Å². The number of nitrogens with one attached hydrogen (secondary N) is 1. The number of carbonyl (C=O) groups excluding carboxylic acids is 1. The molecule has 0 spiro atoms. The molecule has 1 amide bonds. The van der Waals surface area contributed by atoms with Crippen LogP contribution in [0.5, 0.6) is 0 Å². The van der Waals surface area contributed by atoms with Crippen LogP contribution in [0.25, 0.3) is 11.1 Å². The van der Waals surface area contributed by atoms with Crippen molar-refractivity contribution in [3.05, 3.63) is 59.7 Å². The van der Waals surface area contributed by atoms with Crippen molar-refractivity contribution in [2.24, 2.45) is 5.92 Å². The molecule has 2 heterocycles. The van der Waals surface area contributed by atoms with Crippen molar-refractivity contribution in [2.75, 3.05) is 24.5 Å². The molecular formula is C22H22F3N3O2. The summed E-state index contributed by atoms with van der Waals surface area (Å²) >= 11 is 0. The molecule has 3 aromatic rings. The van der Waals surface area contributed by atoms with Gasteiger partial charge in [-0.15, -0.1) is 0 Å². The van der Waals surface area contributed by atoms with Gasteiger partial charge < -0.3 is 14.6 Å². The molecule has 0 bridgehead atoms. The molecule has 0 atom stereocenters. The van der Waals surface area contributed by atoms with E-state index >= 15 is 0 Å². The molecule has 1 aromatic heterocycles. The third-order valence-corrected chi connectivity index (χ3v) is 5.41. The molecule has 1 aliphatic heterocycles. The van der Waals surface area contributed by atoms with E-state index in [1.807, 2.05) is 29.2 Å². The highest BCUT2D eigenvalue weighted by Gasteiger charge is 2.30. The minimum Gasteiger partial charge on any atom is -0.423 e. The number of hydrogen-bond donors (Lipinski definition) is 1. The summed E-state index contributed by atoms with van der Waals surface area (Å²) in [6, 6.07) is 13.2. The van der Waals surface area contributed by atoms with Gasteiger partial charge in [-0.2, -0.15) is 18.2 Å². The first-order valence-electron chi connectivity index (χ1n) is 9.94. The Morgan fingerprint density at radius 2 is 1.80 bits per heavy atom. The molecule has 30 heavy (non-hydrogen) atoms. The number of alkyl halides is 3. The van der Waals surface area contributed by atoms with E-state index in [4.69, 9.17) is 4.42 Å². The number of rotatable bonds is 5. The van der Waals surface area contributed by atoms with Gasteiger partial charge in [-0.25, -0.2) is 0 Å². The molecule has 0 unspecified atom stereocenters. The minimum atomic E-state index is -4.33. The fourth-order valence-electron chi connectivity index (χ4n) is 3.66. The summed E-state index contributed by atoms with van der Waals surface area (Å²) in [7, 11) is 0. The number of nitrogens with zero attached hydrogens (tertiary/aromatic N) is 2. The normalized spacial score (nSPS) is 15.5. The van der Waals surface area contributed by atoms with Crippen LogP contribution in [-0.2, 0) is 17.4 Å². The minimum absolute atomic E-state index is 0.0147. The molecule has 1 saturated heterocycles. The Bertz CT molecular complexity index is 973. The van der Waals surface area contributed by atoms with Crippen LogP contribution >= 0.6 is 0 Å². The second-order valence-corrected chi connectivity index (χ2v) is 7.46. The molecule has 158 valence electrons. The Hall–Kier alpha value is -3.03. The first-order chi connectivity index (χ1) is 14.4. The highest BCUT2D eigenvalue weighted by atomic mass is 19.4. The predicted molar refractivity (Wildman–Crippen MR) is 107 cm³/mol. The Morgan fingerprint density at radius 1 is 1.10 bits per heavy atom. The zero-order valence-electron chi connectivity index (χ0n) is 16.3. The van der Waals surface area contributed by atoms with Crippen molar-refractivity contribution in [1.82, 2.24) is 10.3 Å². The first-order valence-corrected chi connectivity index (χ1v) is 9.94. The molecule has 5 nitrogen and oxygen atoms in total. The largest absolute Gasteiger partial charge is 0.423 e. The standard InChI is InChI=1S/C22H22F3N3O2/c23-22(24,25)17-7-5-15(6-8-17)9-12-26-20(29)16-10-13-28(14-11-16)21-27-18-3-1-2-4-19(18)30-21/h1-8,16H,9-14H2,(H,26,29). The molecule has 1 fully saturated rings. The number of oxazole rings is 1. The fraction of sp³-hybridized carbons (Fsp3) is 0.364. The fourth-order valence-corrected chi connectivity index (χ4v) is 3.66. The molecule has 0 radical (unpaired) electrons. The lowest BCUT2D eigenvalue weighted by Crippen LogP contribution is -2.41. The van der Waals surface area contributed by atoms with E-state index in [0.29, 0.717) is 44.9 Å². The van der Waals surface area contributed by atoms with E-state index < -0.39 is 11.7 Å². The number of carbonyl (C=O) groups is 1. The lowest BCUT2D eigenvalue weighted by molar-refractivity contribution is -0.137. The third-order valence-electron chi connectivity index (χ3n) is 5.41. The van der Waals surface area contributed by atoms with Crippen LogP contribution in [0.4, 0.5) is 19.2 Å². The zero-order valence-corrected chi connectivity index (χ0v) is 16.3. The summed E-state index contributed by atoms with van der Waals surface area (Å²) in [6.07, 6.45) is -2.44. The summed E-state index contributed by atoms with van der Waals surface area (Å²) in [6.45, 7) is 1.77. The first kappa shape index (κ1) is 20.3. The van der Waals surface area contributed by atoms with Crippen LogP contribution in [0.2, 0.25) is 0 Å². The van der Waals surface area contributed by atoms with Crippen molar-refractivity contribution < 1.29 is 22.4 Å². The van der Waals surface area contributed by atoms with Crippen molar-refractivity contribution in [3.8, 4) is 0 Å². The van der Waals surface area contributed by atoms with Gasteiger partial charge in [0.05, 0.1) is 5.56 Å². The topological polar surface area (TPSA) is 58.4 Å². The SMILES string of the molecule is O=C(NCCc1ccc(C(F)(F)F)cc1)C1CCN(c2nc3ccccc3o2)CC1. The van der Waals surface area contributed by atoms with Crippen LogP contribution in [-0.4, -0.2) is 30.5 Å². The quantitative estimate of drug-likeness (QED) is 0.668. The Kier molecular flexibility index (Phi) is 5.65. The lowest BCUT2D eigenvalue weighted by atomic mass is 9.96. The molecule has 0 saturated carbocycles. The van der Waals surface area contributed by atoms with Gasteiger partial charge in [-0.3, -0.25) is 4.79 Å². The Labute approximate surface area is 171 Å². The average Bonchev–Trinajstić information content (AvgIpc) is 3.18. The highest BCUT2D eigenvalue weighted by molar-refractivity contribution is 5.79. The molecule has 0 aliphatic carbocycles. The summed E-state index contributed by atoms with van der Waals surface area (Å²) in [5.41, 5.74) is 1.65. The van der Waals surface area contributed by atoms with E-state index in [0.717, 1.165) is 28.8 Å². The maximum absolute atomic E-state index is 12.6. The number of para-hydroxylation sites is 2. The van der Waals surface area contributed by atoms with Crippen LogP contribution in [0, 0.1) is 5.92 Å². The Morgan fingerprint density at radius 3 is 2.47 bits per heavy atom. The number of halogens is 3. The number of amides is 1. The second-order valence-electron chi connectivity index (χ2n) is 7.46. The molecular weight excluding hydrogens is 395 g/mol. The number of piperidine rings is 1. The summed E-state index contributed by atoms with van der Waals surface area (Å²) in [4.78, 5) is 19.0. The van der Waals surface area contributed by atoms with Crippen molar-refractivity contribution in [1.29, 1.82) is 0 Å². The second kappa shape index (κ2) is 8.38. The van der Waals surface area contributed by atoms with E-state index in [2.05, 4.69) is 10.3 Å². The molecule has 4 rings (SSSR count). The van der Waals surface area contributed by atoms with Gasteiger partial charge in [0.1, 0.15) is 5.52 Å². The van der Waals surface area contributed by atoms with Crippen LogP contribution in [0.3, 0.4) is 0 Å². The maximum Gasteiger partial charge on any atom is 0.416 e. The molecule has 1 N–H and O–H groups in total. The van der Waals surface area contributed by atoms with E-state index in [1.165, 1.54) is 12.1 Å². The van der Waals surface area contributed by atoms with Crippen molar-refractivity contribution in [2.45, 2.75) is 25.4 Å². The number of hydrogen-bond acceptors (Lipinski definition) is 4. The lowest BCUT2D eigenvalue weighted by Gasteiger charge is -2.30. The highest BCUT2D eigenvalue weighted by Crippen LogP contribution is 2.29. The van der Waals surface area contributed by atoms with E-state index in [1.54, 1.807) is 0 Å². The van der Waals surface area contributed by atoms with Gasteiger partial charge in [0.15, 0.2) is 5.58 Å². The monoisotopic (exact) mass is 417 g/mol. The maximum atomic E-state index is 12.6. The van der Waals surface area contributed by atoms with Crippen molar-refractivity contribution in [3.63, 3.8) is 0 Å². The van der Waals surface area contributed by atoms with Gasteiger partial charge >= 0.3 is 6.18 Å².